The van der Waals surface area contributed by atoms with Gasteiger partial charge < -0.3 is 14.6 Å². The van der Waals surface area contributed by atoms with Gasteiger partial charge in [-0.05, 0) is 43.9 Å². The highest BCUT2D eigenvalue weighted by Gasteiger charge is 2.44. The van der Waals surface area contributed by atoms with Crippen LogP contribution in [0.1, 0.15) is 48.2 Å². The predicted molar refractivity (Wildman–Crippen MR) is 128 cm³/mol. The van der Waals surface area contributed by atoms with Gasteiger partial charge in [-0.2, -0.15) is 0 Å². The lowest BCUT2D eigenvalue weighted by atomic mass is 9.90. The van der Waals surface area contributed by atoms with E-state index in [-0.39, 0.29) is 17.2 Å². The van der Waals surface area contributed by atoms with Crippen LogP contribution in [0, 0.1) is 13.8 Å². The van der Waals surface area contributed by atoms with Crippen LogP contribution in [-0.4, -0.2) is 48.6 Å². The maximum atomic E-state index is 13.0. The molecule has 2 aliphatic heterocycles. The molecule has 1 fully saturated rings. The normalized spacial score (nSPS) is 19.9. The first-order valence-corrected chi connectivity index (χ1v) is 11.9. The number of nitrogens with one attached hydrogen (secondary N) is 1. The van der Waals surface area contributed by atoms with E-state index in [9.17, 15) is 14.4 Å². The van der Waals surface area contributed by atoms with E-state index >= 15 is 0 Å². The SMILES string of the molecule is Cc1cc(C)c2nc(CCC(=O)N3CCC[C@]4(CC3)Cc3c(n(C)c(=O)n(C)c3=O)O4)[nH]c2c1. The van der Waals surface area contributed by atoms with E-state index in [0.717, 1.165) is 39.8 Å². The van der Waals surface area contributed by atoms with Gasteiger partial charge in [0.15, 0.2) is 0 Å². The number of imidazole rings is 1. The summed E-state index contributed by atoms with van der Waals surface area (Å²) < 4.78 is 8.82. The molecule has 2 aromatic heterocycles. The van der Waals surface area contributed by atoms with Crippen molar-refractivity contribution in [2.24, 2.45) is 14.1 Å². The van der Waals surface area contributed by atoms with E-state index in [4.69, 9.17) is 9.72 Å². The first-order chi connectivity index (χ1) is 16.2. The van der Waals surface area contributed by atoms with Crippen LogP contribution in [0.2, 0.25) is 0 Å². The summed E-state index contributed by atoms with van der Waals surface area (Å²) in [6.45, 7) is 5.34. The molecular formula is C25H31N5O4. The fraction of sp³-hybridized carbons (Fsp3) is 0.520. The number of aryl methyl sites for hydroxylation is 3. The topological polar surface area (TPSA) is 102 Å². The Morgan fingerprint density at radius 3 is 2.74 bits per heavy atom. The van der Waals surface area contributed by atoms with Crippen LogP contribution in [0.3, 0.4) is 0 Å². The maximum Gasteiger partial charge on any atom is 0.333 e. The van der Waals surface area contributed by atoms with E-state index in [1.165, 1.54) is 17.2 Å². The molecule has 180 valence electrons. The second-order valence-electron chi connectivity index (χ2n) is 9.85. The molecule has 1 amide bonds. The van der Waals surface area contributed by atoms with Crippen molar-refractivity contribution in [1.29, 1.82) is 0 Å². The van der Waals surface area contributed by atoms with Gasteiger partial charge in [-0.15, -0.1) is 0 Å². The summed E-state index contributed by atoms with van der Waals surface area (Å²) in [6, 6.07) is 4.19. The molecule has 1 spiro atoms. The van der Waals surface area contributed by atoms with Crippen LogP contribution in [0.25, 0.3) is 11.0 Å². The molecular weight excluding hydrogens is 434 g/mol. The molecule has 5 rings (SSSR count). The molecule has 9 nitrogen and oxygen atoms in total. The van der Waals surface area contributed by atoms with E-state index in [1.54, 1.807) is 7.05 Å². The van der Waals surface area contributed by atoms with Gasteiger partial charge in [0.25, 0.3) is 5.56 Å². The number of hydrogen-bond acceptors (Lipinski definition) is 5. The number of carbonyl (C=O) groups is 1. The highest BCUT2D eigenvalue weighted by atomic mass is 16.5. The third-order valence-corrected chi connectivity index (χ3v) is 7.31. The Hall–Kier alpha value is -3.36. The number of hydrogen-bond donors (Lipinski definition) is 1. The highest BCUT2D eigenvalue weighted by Crippen LogP contribution is 2.38. The Morgan fingerprint density at radius 2 is 1.94 bits per heavy atom. The van der Waals surface area contributed by atoms with Crippen LogP contribution in [0.5, 0.6) is 5.88 Å². The van der Waals surface area contributed by atoms with Crippen molar-refractivity contribution >= 4 is 16.9 Å². The molecule has 0 radical (unpaired) electrons. The summed E-state index contributed by atoms with van der Waals surface area (Å²) in [4.78, 5) is 47.9. The molecule has 1 saturated heterocycles. The average molecular weight is 466 g/mol. The minimum absolute atomic E-state index is 0.101. The molecule has 1 aromatic carbocycles. The largest absolute Gasteiger partial charge is 0.471 e. The standard InChI is InChI=1S/C25H31N5O4/c1-15-12-16(2)21-18(13-15)26-19(27-21)6-7-20(31)30-10-5-8-25(9-11-30)14-17-22(32)28(3)24(33)29(4)23(17)34-25/h12-13H,5-11,14H2,1-4H3,(H,26,27)/t25-/m0/s1. The van der Waals surface area contributed by atoms with Gasteiger partial charge >= 0.3 is 5.69 Å². The van der Waals surface area contributed by atoms with Crippen LogP contribution in [0.15, 0.2) is 21.7 Å². The van der Waals surface area contributed by atoms with Gasteiger partial charge in [0.1, 0.15) is 11.4 Å². The van der Waals surface area contributed by atoms with Crippen LogP contribution < -0.4 is 16.0 Å². The number of rotatable bonds is 3. The second kappa shape index (κ2) is 8.14. The highest BCUT2D eigenvalue weighted by molar-refractivity contribution is 5.80. The molecule has 0 aliphatic carbocycles. The number of benzene rings is 1. The quantitative estimate of drug-likeness (QED) is 0.637. The Balaban J connectivity index is 1.25. The van der Waals surface area contributed by atoms with Crippen molar-refractivity contribution in [3.05, 3.63) is 55.5 Å². The summed E-state index contributed by atoms with van der Waals surface area (Å²) in [5.41, 5.74) is 3.63. The summed E-state index contributed by atoms with van der Waals surface area (Å²) in [6.07, 6.45) is 3.59. The fourth-order valence-corrected chi connectivity index (χ4v) is 5.46. The Bertz CT molecular complexity index is 1420. The lowest BCUT2D eigenvalue weighted by Crippen LogP contribution is -2.38. The summed E-state index contributed by atoms with van der Waals surface area (Å²) in [5.74, 6) is 1.31. The van der Waals surface area contributed by atoms with E-state index in [0.29, 0.717) is 50.2 Å². The van der Waals surface area contributed by atoms with Crippen molar-refractivity contribution in [3.8, 4) is 5.88 Å². The Morgan fingerprint density at radius 1 is 1.15 bits per heavy atom. The molecule has 1 N–H and O–H groups in total. The van der Waals surface area contributed by atoms with Gasteiger partial charge in [0, 0.05) is 52.9 Å². The summed E-state index contributed by atoms with van der Waals surface area (Å²) in [7, 11) is 3.13. The number of likely N-dealkylation sites (tertiary alicyclic amines) is 1. The third kappa shape index (κ3) is 3.73. The van der Waals surface area contributed by atoms with Gasteiger partial charge in [-0.1, -0.05) is 6.07 Å². The number of carbonyl (C=O) groups excluding carboxylic acids is 1. The molecule has 1 atom stereocenters. The average Bonchev–Trinajstić information content (AvgIpc) is 3.32. The van der Waals surface area contributed by atoms with E-state index in [1.807, 2.05) is 4.90 Å². The molecule has 9 heteroatoms. The lowest BCUT2D eigenvalue weighted by molar-refractivity contribution is -0.131. The molecule has 0 bridgehead atoms. The van der Waals surface area contributed by atoms with Crippen LogP contribution in [-0.2, 0) is 31.7 Å². The molecule has 2 aliphatic rings. The van der Waals surface area contributed by atoms with Gasteiger partial charge in [0.2, 0.25) is 11.8 Å². The number of fused-ring (bicyclic) bond motifs is 2. The zero-order valence-corrected chi connectivity index (χ0v) is 20.2. The molecule has 3 aromatic rings. The van der Waals surface area contributed by atoms with Gasteiger partial charge in [0.05, 0.1) is 16.6 Å². The van der Waals surface area contributed by atoms with Crippen molar-refractivity contribution in [3.63, 3.8) is 0 Å². The van der Waals surface area contributed by atoms with Crippen molar-refractivity contribution in [2.45, 2.75) is 58.0 Å². The molecule has 0 unspecified atom stereocenters. The van der Waals surface area contributed by atoms with Crippen molar-refractivity contribution < 1.29 is 9.53 Å². The molecule has 0 saturated carbocycles. The minimum atomic E-state index is -0.538. The Kier molecular flexibility index (Phi) is 5.37. The number of aromatic amines is 1. The number of H-pyrrole nitrogens is 1. The number of nitrogens with zero attached hydrogens (tertiary/aromatic N) is 4. The van der Waals surface area contributed by atoms with Gasteiger partial charge in [-0.3, -0.25) is 18.7 Å². The second-order valence-corrected chi connectivity index (χ2v) is 9.85. The molecule has 4 heterocycles. The van der Waals surface area contributed by atoms with Crippen molar-refractivity contribution in [1.82, 2.24) is 24.0 Å². The van der Waals surface area contributed by atoms with E-state index in [2.05, 4.69) is 31.0 Å². The third-order valence-electron chi connectivity index (χ3n) is 7.31. The molecule has 34 heavy (non-hydrogen) atoms. The number of amides is 1. The minimum Gasteiger partial charge on any atom is -0.471 e. The maximum absolute atomic E-state index is 13.0. The zero-order valence-electron chi connectivity index (χ0n) is 20.2. The zero-order chi connectivity index (χ0) is 24.2. The van der Waals surface area contributed by atoms with Crippen LogP contribution in [0.4, 0.5) is 0 Å². The summed E-state index contributed by atoms with van der Waals surface area (Å²) in [5, 5.41) is 0. The van der Waals surface area contributed by atoms with Gasteiger partial charge in [-0.25, -0.2) is 9.78 Å². The van der Waals surface area contributed by atoms with E-state index < -0.39 is 5.60 Å². The van der Waals surface area contributed by atoms with Crippen LogP contribution >= 0.6 is 0 Å². The Labute approximate surface area is 197 Å². The van der Waals surface area contributed by atoms with Crippen molar-refractivity contribution in [2.75, 3.05) is 13.1 Å². The number of ether oxygens (including phenoxy) is 1. The predicted octanol–water partition coefficient (Wildman–Crippen LogP) is 1.90. The fourth-order valence-electron chi connectivity index (χ4n) is 5.46. The monoisotopic (exact) mass is 465 g/mol. The summed E-state index contributed by atoms with van der Waals surface area (Å²) >= 11 is 0. The first kappa shape index (κ1) is 22.4. The smallest absolute Gasteiger partial charge is 0.333 e. The lowest BCUT2D eigenvalue weighted by Gasteiger charge is -2.27. The number of aromatic nitrogens is 4. The first-order valence-electron chi connectivity index (χ1n) is 11.9.